The van der Waals surface area contributed by atoms with Crippen molar-refractivity contribution in [1.29, 1.82) is 0 Å². The van der Waals surface area contributed by atoms with Gasteiger partial charge in [0.2, 0.25) is 0 Å². The molecule has 2 heterocycles. The molecular weight excluding hydrogens is 328 g/mol. The van der Waals surface area contributed by atoms with Crippen molar-refractivity contribution in [3.05, 3.63) is 58.1 Å². The molecule has 3 nitrogen and oxygen atoms in total. The van der Waals surface area contributed by atoms with Crippen LogP contribution in [0.3, 0.4) is 0 Å². The van der Waals surface area contributed by atoms with Gasteiger partial charge in [0.25, 0.3) is 0 Å². The highest BCUT2D eigenvalue weighted by molar-refractivity contribution is 7.10. The Morgan fingerprint density at radius 3 is 2.88 bits per heavy atom. The van der Waals surface area contributed by atoms with Gasteiger partial charge in [-0.3, -0.25) is 4.79 Å². The van der Waals surface area contributed by atoms with Crippen molar-refractivity contribution in [2.24, 2.45) is 5.41 Å². The van der Waals surface area contributed by atoms with E-state index in [4.69, 9.17) is 0 Å². The lowest BCUT2D eigenvalue weighted by Gasteiger charge is -2.46. The van der Waals surface area contributed by atoms with Gasteiger partial charge in [-0.15, -0.1) is 11.3 Å². The molecule has 1 aromatic heterocycles. The van der Waals surface area contributed by atoms with E-state index < -0.39 is 5.41 Å². The minimum absolute atomic E-state index is 0.0711. The Labute approximate surface area is 154 Å². The van der Waals surface area contributed by atoms with E-state index in [0.717, 1.165) is 40.4 Å². The van der Waals surface area contributed by atoms with Gasteiger partial charge in [-0.1, -0.05) is 51.7 Å². The van der Waals surface area contributed by atoms with Crippen molar-refractivity contribution in [2.75, 3.05) is 5.32 Å². The van der Waals surface area contributed by atoms with Crippen LogP contribution in [0.5, 0.6) is 0 Å². The lowest BCUT2D eigenvalue weighted by molar-refractivity contribution is -0.117. The van der Waals surface area contributed by atoms with Crippen LogP contribution >= 0.6 is 11.3 Å². The minimum Gasteiger partial charge on any atom is -0.342 e. The number of thiazole rings is 1. The molecule has 0 spiro atoms. The number of ketones is 1. The number of nitrogens with zero attached hydrogens (tertiary/aromatic N) is 1. The summed E-state index contributed by atoms with van der Waals surface area (Å²) in [5.41, 5.74) is 4.20. The number of nitrogens with one attached hydrogen (secondary N) is 1. The molecule has 4 heteroatoms. The number of allylic oxidation sites excluding steroid dienone is 7. The molecule has 1 aromatic rings. The zero-order valence-electron chi connectivity index (χ0n) is 15.5. The van der Waals surface area contributed by atoms with E-state index >= 15 is 0 Å². The fourth-order valence-electron chi connectivity index (χ4n) is 4.00. The Kier molecular flexibility index (Phi) is 4.58. The van der Waals surface area contributed by atoms with Gasteiger partial charge >= 0.3 is 0 Å². The molecule has 1 aliphatic heterocycles. The molecule has 0 unspecified atom stereocenters. The summed E-state index contributed by atoms with van der Waals surface area (Å²) in [6.45, 7) is 12.9. The normalized spacial score (nSPS) is 25.2. The third kappa shape index (κ3) is 2.63. The van der Waals surface area contributed by atoms with Crippen molar-refractivity contribution in [2.45, 2.75) is 52.4 Å². The van der Waals surface area contributed by atoms with Crippen LogP contribution in [0.15, 0.2) is 53.2 Å². The van der Waals surface area contributed by atoms with Crippen molar-refractivity contribution in [3.8, 4) is 0 Å². The molecular formula is C21H26N2OS. The summed E-state index contributed by atoms with van der Waals surface area (Å²) in [5, 5.41) is 3.49. The van der Waals surface area contributed by atoms with E-state index in [-0.39, 0.29) is 11.2 Å². The highest BCUT2D eigenvalue weighted by atomic mass is 32.1. The van der Waals surface area contributed by atoms with Crippen LogP contribution in [-0.2, 0) is 10.2 Å². The largest absolute Gasteiger partial charge is 0.342 e. The van der Waals surface area contributed by atoms with Crippen molar-refractivity contribution in [3.63, 3.8) is 0 Å². The summed E-state index contributed by atoms with van der Waals surface area (Å²) in [7, 11) is 0. The number of carbonyl (C=O) groups is 1. The molecule has 0 saturated heterocycles. The molecule has 3 rings (SSSR count). The Morgan fingerprint density at radius 2 is 2.20 bits per heavy atom. The molecule has 0 radical (unpaired) electrons. The van der Waals surface area contributed by atoms with Crippen molar-refractivity contribution >= 4 is 22.9 Å². The van der Waals surface area contributed by atoms with Crippen molar-refractivity contribution in [1.82, 2.24) is 4.98 Å². The zero-order valence-corrected chi connectivity index (χ0v) is 16.3. The molecule has 0 bridgehead atoms. The number of hydrogen-bond acceptors (Lipinski definition) is 4. The van der Waals surface area contributed by atoms with Gasteiger partial charge in [-0.05, 0) is 25.3 Å². The predicted molar refractivity (Wildman–Crippen MR) is 106 cm³/mol. The predicted octanol–water partition coefficient (Wildman–Crippen LogP) is 5.55. The second-order valence-corrected chi connectivity index (χ2v) is 8.24. The third-order valence-electron chi connectivity index (χ3n) is 5.49. The van der Waals surface area contributed by atoms with Crippen LogP contribution in [0.2, 0.25) is 0 Å². The first-order chi connectivity index (χ1) is 11.9. The summed E-state index contributed by atoms with van der Waals surface area (Å²) in [4.78, 5) is 18.7. The molecule has 0 fully saturated rings. The van der Waals surface area contributed by atoms with Gasteiger partial charge in [0, 0.05) is 23.1 Å². The van der Waals surface area contributed by atoms with Crippen LogP contribution in [0.25, 0.3) is 0 Å². The van der Waals surface area contributed by atoms with Gasteiger partial charge in [-0.25, -0.2) is 4.98 Å². The smallest absolute Gasteiger partial charge is 0.161 e. The van der Waals surface area contributed by atoms with Crippen molar-refractivity contribution < 1.29 is 4.79 Å². The topological polar surface area (TPSA) is 42.0 Å². The quantitative estimate of drug-likeness (QED) is 0.721. The maximum absolute atomic E-state index is 13.1. The maximum atomic E-state index is 13.1. The van der Waals surface area contributed by atoms with Gasteiger partial charge in [0.15, 0.2) is 5.78 Å². The van der Waals surface area contributed by atoms with Crippen LogP contribution < -0.4 is 5.32 Å². The number of Topliss-reactive ketones (excluding diaryl/α,β-unsaturated/α-hetero) is 1. The summed E-state index contributed by atoms with van der Waals surface area (Å²) < 4.78 is 0. The number of aromatic nitrogens is 1. The second kappa shape index (κ2) is 6.41. The monoisotopic (exact) mass is 354 g/mol. The first-order valence-corrected chi connectivity index (χ1v) is 9.74. The molecule has 1 N–H and O–H groups in total. The van der Waals surface area contributed by atoms with Crippen LogP contribution in [0, 0.1) is 5.41 Å². The molecule has 0 aromatic carbocycles. The summed E-state index contributed by atoms with van der Waals surface area (Å²) >= 11 is 1.61. The van der Waals surface area contributed by atoms with Gasteiger partial charge in [0.05, 0.1) is 15.8 Å². The number of anilines is 1. The minimum atomic E-state index is -0.482. The fourth-order valence-corrected chi connectivity index (χ4v) is 5.06. The number of carbonyl (C=O) groups excluding carboxylic acids is 1. The van der Waals surface area contributed by atoms with Gasteiger partial charge in [0.1, 0.15) is 5.82 Å². The Hall–Kier alpha value is -1.94. The van der Waals surface area contributed by atoms with Crippen LogP contribution in [0.4, 0.5) is 5.82 Å². The number of fused-ring (bicyclic) bond motifs is 1. The Balaban J connectivity index is 2.28. The number of rotatable bonds is 4. The molecule has 0 amide bonds. The molecule has 132 valence electrons. The van der Waals surface area contributed by atoms with E-state index in [1.807, 2.05) is 36.7 Å². The Bertz CT molecular complexity index is 810. The fraction of sp³-hybridized carbons (Fsp3) is 0.429. The van der Waals surface area contributed by atoms with E-state index in [0.29, 0.717) is 6.42 Å². The van der Waals surface area contributed by atoms with E-state index in [1.54, 1.807) is 11.3 Å². The Morgan fingerprint density at radius 1 is 1.44 bits per heavy atom. The number of hydrogen-bond donors (Lipinski definition) is 1. The highest BCUT2D eigenvalue weighted by Crippen LogP contribution is 2.56. The lowest BCUT2D eigenvalue weighted by Crippen LogP contribution is -2.44. The maximum Gasteiger partial charge on any atom is 0.161 e. The lowest BCUT2D eigenvalue weighted by atomic mass is 9.61. The SMILES string of the molecule is C=C(/C=C\C=C/C)[C@]1(CC)C2=C(Nc3ncsc31)C(C)(C)CCC2=O. The standard InChI is InChI=1S/C21H26N2OS/c1-6-8-9-10-14(3)21(7-2)16-15(24)11-12-20(4,5)17(16)23-19-18(21)25-13-22-19/h6,8-10,13,23H,3,7,11-12H2,1-2,4-5H3/b8-6-,10-9-/t21-/m1/s1. The highest BCUT2D eigenvalue weighted by Gasteiger charge is 2.51. The second-order valence-electron chi connectivity index (χ2n) is 7.38. The molecule has 1 atom stereocenters. The van der Waals surface area contributed by atoms with Crippen LogP contribution in [0.1, 0.15) is 51.8 Å². The van der Waals surface area contributed by atoms with Crippen LogP contribution in [-0.4, -0.2) is 10.8 Å². The summed E-state index contributed by atoms with van der Waals surface area (Å²) in [6.07, 6.45) is 10.3. The van der Waals surface area contributed by atoms with E-state index in [9.17, 15) is 4.79 Å². The zero-order chi connectivity index (χ0) is 18.2. The average Bonchev–Trinajstić information content (AvgIpc) is 3.06. The first kappa shape index (κ1) is 17.9. The summed E-state index contributed by atoms with van der Waals surface area (Å²) in [5.74, 6) is 1.12. The average molecular weight is 355 g/mol. The summed E-state index contributed by atoms with van der Waals surface area (Å²) in [6, 6.07) is 0. The van der Waals surface area contributed by atoms with E-state index in [1.165, 1.54) is 0 Å². The first-order valence-electron chi connectivity index (χ1n) is 8.86. The third-order valence-corrected chi connectivity index (χ3v) is 6.48. The molecule has 1 aliphatic carbocycles. The van der Waals surface area contributed by atoms with Gasteiger partial charge < -0.3 is 5.32 Å². The molecule has 25 heavy (non-hydrogen) atoms. The molecule has 0 saturated carbocycles. The van der Waals surface area contributed by atoms with E-state index in [2.05, 4.69) is 37.7 Å². The molecule has 2 aliphatic rings. The van der Waals surface area contributed by atoms with Gasteiger partial charge in [-0.2, -0.15) is 0 Å².